The first kappa shape index (κ1) is 28.1. The van der Waals surface area contributed by atoms with E-state index in [-0.39, 0.29) is 29.1 Å². The van der Waals surface area contributed by atoms with Gasteiger partial charge < -0.3 is 5.11 Å². The van der Waals surface area contributed by atoms with Gasteiger partial charge >= 0.3 is 0 Å². The van der Waals surface area contributed by atoms with E-state index < -0.39 is 0 Å². The fourth-order valence-corrected chi connectivity index (χ4v) is 4.48. The molecule has 0 aliphatic heterocycles. The molecule has 2 nitrogen and oxygen atoms in total. The topological polar surface area (TPSA) is 37.3 Å². The lowest BCUT2D eigenvalue weighted by Gasteiger charge is -2.54. The molecule has 29 heavy (non-hydrogen) atoms. The third-order valence-corrected chi connectivity index (χ3v) is 6.65. The number of hydrogen-bond donors (Lipinski definition) is 1. The first-order valence-corrected chi connectivity index (χ1v) is 11.8. The monoisotopic (exact) mass is 406 g/mol. The van der Waals surface area contributed by atoms with Crippen molar-refractivity contribution < 1.29 is 9.90 Å². The molecule has 1 fully saturated rings. The molecule has 0 amide bonds. The van der Waals surface area contributed by atoms with Crippen LogP contribution in [0.25, 0.3) is 0 Å². The Hall–Kier alpha value is -0.890. The van der Waals surface area contributed by atoms with Gasteiger partial charge in [-0.1, -0.05) is 92.4 Å². The number of aliphatic hydroxyl groups excluding tert-OH is 1. The second kappa shape index (κ2) is 12.1. The van der Waals surface area contributed by atoms with Crippen LogP contribution in [0.4, 0.5) is 0 Å². The molecule has 2 aliphatic carbocycles. The van der Waals surface area contributed by atoms with Gasteiger partial charge in [0.05, 0.1) is 0 Å². The Morgan fingerprint density at radius 2 is 1.62 bits per heavy atom. The summed E-state index contributed by atoms with van der Waals surface area (Å²) in [5.74, 6) is 1.83. The molecular weight excluding hydrogens is 356 g/mol. The molecule has 0 spiro atoms. The van der Waals surface area contributed by atoms with Crippen LogP contribution >= 0.6 is 0 Å². The average molecular weight is 407 g/mol. The normalized spacial score (nSPS) is 29.8. The molecule has 2 heteroatoms. The van der Waals surface area contributed by atoms with Crippen molar-refractivity contribution in [3.05, 3.63) is 22.8 Å². The van der Waals surface area contributed by atoms with Crippen molar-refractivity contribution in [1.82, 2.24) is 0 Å². The quantitative estimate of drug-likeness (QED) is 0.520. The van der Waals surface area contributed by atoms with Gasteiger partial charge in [0.25, 0.3) is 0 Å². The number of fused-ring (bicyclic) bond motifs is 1. The van der Waals surface area contributed by atoms with Crippen LogP contribution in [0.5, 0.6) is 0 Å². The molecule has 1 saturated carbocycles. The van der Waals surface area contributed by atoms with Crippen LogP contribution in [0, 0.1) is 28.6 Å². The number of carbonyl (C=O) groups is 1. The Bertz CT molecular complexity index is 579. The molecule has 0 aromatic rings. The molecule has 3 unspecified atom stereocenters. The van der Waals surface area contributed by atoms with Crippen molar-refractivity contribution >= 4 is 5.78 Å². The minimum atomic E-state index is -0.119. The van der Waals surface area contributed by atoms with Gasteiger partial charge in [-0.3, -0.25) is 4.79 Å². The first-order chi connectivity index (χ1) is 13.3. The largest absolute Gasteiger partial charge is 0.396 e. The summed E-state index contributed by atoms with van der Waals surface area (Å²) in [6.07, 6.45) is 7.25. The van der Waals surface area contributed by atoms with Gasteiger partial charge in [-0.15, -0.1) is 0 Å². The summed E-state index contributed by atoms with van der Waals surface area (Å²) in [4.78, 5) is 12.8. The summed E-state index contributed by atoms with van der Waals surface area (Å²) >= 11 is 0. The number of carbonyl (C=O) groups excluding carboxylic acids is 1. The Labute approximate surface area is 182 Å². The van der Waals surface area contributed by atoms with Crippen LogP contribution in [-0.2, 0) is 4.79 Å². The number of allylic oxidation sites excluding steroid dienone is 4. The van der Waals surface area contributed by atoms with Crippen molar-refractivity contribution in [2.24, 2.45) is 28.6 Å². The second-order valence-corrected chi connectivity index (χ2v) is 10.8. The SMILES string of the molecule is CC(C)C.CC1=C(/C=C(\C)C(C)C)C(=O)CC2C(C)(CO)CCCC12C.CCC. The minimum absolute atomic E-state index is 0.0483. The third kappa shape index (κ3) is 7.39. The summed E-state index contributed by atoms with van der Waals surface area (Å²) in [7, 11) is 0. The van der Waals surface area contributed by atoms with Gasteiger partial charge in [-0.25, -0.2) is 0 Å². The van der Waals surface area contributed by atoms with Gasteiger partial charge in [0.15, 0.2) is 5.78 Å². The highest BCUT2D eigenvalue weighted by molar-refractivity contribution is 6.00. The Balaban J connectivity index is 0.000000975. The van der Waals surface area contributed by atoms with Crippen molar-refractivity contribution in [1.29, 1.82) is 0 Å². The second-order valence-electron chi connectivity index (χ2n) is 10.8. The molecule has 0 aromatic carbocycles. The highest BCUT2D eigenvalue weighted by atomic mass is 16.3. The Morgan fingerprint density at radius 3 is 2.03 bits per heavy atom. The zero-order chi connectivity index (χ0) is 23.0. The van der Waals surface area contributed by atoms with Gasteiger partial charge in [0.2, 0.25) is 0 Å². The van der Waals surface area contributed by atoms with E-state index in [1.807, 2.05) is 0 Å². The van der Waals surface area contributed by atoms with Crippen molar-refractivity contribution in [2.75, 3.05) is 6.61 Å². The molecule has 2 rings (SSSR count). The van der Waals surface area contributed by atoms with Crippen LogP contribution in [0.3, 0.4) is 0 Å². The molecule has 0 bridgehead atoms. The van der Waals surface area contributed by atoms with E-state index in [1.165, 1.54) is 17.6 Å². The molecule has 1 N–H and O–H groups in total. The van der Waals surface area contributed by atoms with E-state index in [4.69, 9.17) is 0 Å². The molecule has 0 saturated heterocycles. The zero-order valence-electron chi connectivity index (χ0n) is 21.4. The average Bonchev–Trinajstić information content (AvgIpc) is 2.61. The molecule has 0 radical (unpaired) electrons. The Morgan fingerprint density at radius 1 is 1.14 bits per heavy atom. The summed E-state index contributed by atoms with van der Waals surface area (Å²) < 4.78 is 0. The highest BCUT2D eigenvalue weighted by Gasteiger charge is 2.52. The fraction of sp³-hybridized carbons (Fsp3) is 0.815. The number of rotatable bonds is 3. The molecular formula is C27H50O2. The van der Waals surface area contributed by atoms with E-state index in [0.717, 1.165) is 30.8 Å². The summed E-state index contributed by atoms with van der Waals surface area (Å²) in [6, 6.07) is 0. The van der Waals surface area contributed by atoms with Crippen molar-refractivity contribution in [3.8, 4) is 0 Å². The first-order valence-electron chi connectivity index (χ1n) is 11.8. The van der Waals surface area contributed by atoms with Gasteiger partial charge in [0, 0.05) is 18.6 Å². The van der Waals surface area contributed by atoms with E-state index in [0.29, 0.717) is 12.3 Å². The third-order valence-electron chi connectivity index (χ3n) is 6.65. The lowest BCUT2D eigenvalue weighted by molar-refractivity contribution is -0.123. The predicted octanol–water partition coefficient (Wildman–Crippen LogP) is 7.76. The maximum absolute atomic E-state index is 12.8. The van der Waals surface area contributed by atoms with E-state index in [1.54, 1.807) is 0 Å². The minimum Gasteiger partial charge on any atom is -0.396 e. The smallest absolute Gasteiger partial charge is 0.163 e. The standard InChI is InChI=1S/C20H32O2.C4H10.C3H8/c1-13(2)14(3)10-16-15(4)20(6)9-7-8-19(5,12-21)18(20)11-17(16)22;1-4(2)3;1-3-2/h10,13,18,21H,7-9,11-12H2,1-6H3;4H,1-3H3;3H2,1-2H3/b14-10+;;. The molecule has 0 aromatic heterocycles. The van der Waals surface area contributed by atoms with Crippen LogP contribution in [0.2, 0.25) is 0 Å². The number of hydrogen-bond acceptors (Lipinski definition) is 2. The number of aliphatic hydroxyl groups is 1. The molecule has 0 heterocycles. The van der Waals surface area contributed by atoms with Crippen LogP contribution in [-0.4, -0.2) is 17.5 Å². The molecule has 3 atom stereocenters. The number of Topliss-reactive ketones (excluding diaryl/α,β-unsaturated/α-hetero) is 1. The maximum Gasteiger partial charge on any atom is 0.163 e. The highest BCUT2D eigenvalue weighted by Crippen LogP contribution is 2.58. The van der Waals surface area contributed by atoms with Crippen molar-refractivity contribution in [3.63, 3.8) is 0 Å². The summed E-state index contributed by atoms with van der Waals surface area (Å²) in [5.41, 5.74) is 3.38. The van der Waals surface area contributed by atoms with Gasteiger partial charge in [-0.2, -0.15) is 0 Å². The van der Waals surface area contributed by atoms with E-state index in [2.05, 4.69) is 82.2 Å². The predicted molar refractivity (Wildman–Crippen MR) is 128 cm³/mol. The Kier molecular flexibility index (Phi) is 11.7. The fourth-order valence-electron chi connectivity index (χ4n) is 4.48. The lowest BCUT2D eigenvalue weighted by atomic mass is 9.50. The van der Waals surface area contributed by atoms with Gasteiger partial charge in [-0.05, 0) is 55.3 Å². The van der Waals surface area contributed by atoms with Crippen LogP contribution in [0.1, 0.15) is 108 Å². The lowest BCUT2D eigenvalue weighted by Crippen LogP contribution is -2.49. The summed E-state index contributed by atoms with van der Waals surface area (Å²) in [6.45, 7) is 24.0. The van der Waals surface area contributed by atoms with E-state index >= 15 is 0 Å². The van der Waals surface area contributed by atoms with Crippen LogP contribution < -0.4 is 0 Å². The van der Waals surface area contributed by atoms with Crippen molar-refractivity contribution in [2.45, 2.75) is 108 Å². The zero-order valence-corrected chi connectivity index (χ0v) is 21.4. The molecule has 170 valence electrons. The maximum atomic E-state index is 12.8. The van der Waals surface area contributed by atoms with Crippen LogP contribution in [0.15, 0.2) is 22.8 Å². The molecule has 2 aliphatic rings. The number of ketones is 1. The van der Waals surface area contributed by atoms with Gasteiger partial charge in [0.1, 0.15) is 0 Å². The summed E-state index contributed by atoms with van der Waals surface area (Å²) in [5, 5.41) is 9.92. The van der Waals surface area contributed by atoms with E-state index in [9.17, 15) is 9.90 Å².